The minimum absolute atomic E-state index is 0.123. The molecule has 2 aromatic rings. The number of nitrogens with zero attached hydrogens (tertiary/aromatic N) is 2. The highest BCUT2D eigenvalue weighted by Crippen LogP contribution is 2.23. The molecule has 120 valence electrons. The van der Waals surface area contributed by atoms with Gasteiger partial charge >= 0.3 is 0 Å². The Balaban J connectivity index is 1.83. The van der Waals surface area contributed by atoms with Crippen LogP contribution in [0.25, 0.3) is 0 Å². The highest BCUT2D eigenvalue weighted by atomic mass is 16.2. The standard InChI is InChI=1S/C19H23N3O/c1-2-15-14-16(10-11-20-15)21-18-9-5-4-8-17(18)19(23)22-12-6-3-7-13-22/h4-5,8-11,14H,2-3,6-7,12-13H2,1H3,(H,20,21). The number of anilines is 2. The van der Waals surface area contributed by atoms with E-state index in [0.29, 0.717) is 0 Å². The van der Waals surface area contributed by atoms with Crippen LogP contribution in [0.1, 0.15) is 42.2 Å². The molecule has 0 unspecified atom stereocenters. The van der Waals surface area contributed by atoms with Gasteiger partial charge in [-0.15, -0.1) is 0 Å². The maximum absolute atomic E-state index is 12.8. The van der Waals surface area contributed by atoms with Crippen LogP contribution < -0.4 is 5.32 Å². The second-order valence-corrected chi connectivity index (χ2v) is 5.91. The molecule has 0 saturated carbocycles. The van der Waals surface area contributed by atoms with Gasteiger partial charge in [-0.05, 0) is 49.9 Å². The average Bonchev–Trinajstić information content (AvgIpc) is 2.62. The number of hydrogen-bond donors (Lipinski definition) is 1. The molecule has 1 N–H and O–H groups in total. The first-order valence-electron chi connectivity index (χ1n) is 8.38. The number of benzene rings is 1. The molecule has 0 bridgehead atoms. The zero-order valence-corrected chi connectivity index (χ0v) is 13.6. The fraction of sp³-hybridized carbons (Fsp3) is 0.368. The number of amides is 1. The van der Waals surface area contributed by atoms with Crippen LogP contribution in [0.3, 0.4) is 0 Å². The van der Waals surface area contributed by atoms with Gasteiger partial charge in [-0.2, -0.15) is 0 Å². The summed E-state index contributed by atoms with van der Waals surface area (Å²) in [6, 6.07) is 11.7. The second-order valence-electron chi connectivity index (χ2n) is 5.91. The predicted octanol–water partition coefficient (Wildman–Crippen LogP) is 4.01. The fourth-order valence-electron chi connectivity index (χ4n) is 2.95. The predicted molar refractivity (Wildman–Crippen MR) is 93.1 cm³/mol. The molecule has 0 spiro atoms. The summed E-state index contributed by atoms with van der Waals surface area (Å²) in [5.74, 6) is 0.123. The molecule has 1 saturated heterocycles. The molecule has 1 amide bonds. The number of hydrogen-bond acceptors (Lipinski definition) is 3. The minimum atomic E-state index is 0.123. The van der Waals surface area contributed by atoms with Gasteiger partial charge in [0.2, 0.25) is 0 Å². The Morgan fingerprint density at radius 3 is 2.74 bits per heavy atom. The van der Waals surface area contributed by atoms with Gasteiger partial charge in [0, 0.05) is 30.7 Å². The summed E-state index contributed by atoms with van der Waals surface area (Å²) in [5.41, 5.74) is 3.60. The van der Waals surface area contributed by atoms with E-state index in [9.17, 15) is 4.79 Å². The molecule has 1 aliphatic heterocycles. The second kappa shape index (κ2) is 7.27. The molecular weight excluding hydrogens is 286 g/mol. The van der Waals surface area contributed by atoms with Crippen LogP contribution in [0.15, 0.2) is 42.6 Å². The zero-order chi connectivity index (χ0) is 16.1. The summed E-state index contributed by atoms with van der Waals surface area (Å²) < 4.78 is 0. The summed E-state index contributed by atoms with van der Waals surface area (Å²) in [6.07, 6.45) is 6.12. The van der Waals surface area contributed by atoms with Crippen molar-refractivity contribution < 1.29 is 4.79 Å². The van der Waals surface area contributed by atoms with E-state index in [0.717, 1.165) is 55.0 Å². The molecule has 0 radical (unpaired) electrons. The van der Waals surface area contributed by atoms with Crippen LogP contribution in [-0.4, -0.2) is 28.9 Å². The van der Waals surface area contributed by atoms with E-state index in [2.05, 4.69) is 17.2 Å². The van der Waals surface area contributed by atoms with Crippen LogP contribution in [0.4, 0.5) is 11.4 Å². The third-order valence-corrected chi connectivity index (χ3v) is 4.26. The molecule has 4 heteroatoms. The summed E-state index contributed by atoms with van der Waals surface area (Å²) in [6.45, 7) is 3.81. The van der Waals surface area contributed by atoms with E-state index in [1.165, 1.54) is 6.42 Å². The first-order valence-corrected chi connectivity index (χ1v) is 8.38. The summed E-state index contributed by atoms with van der Waals surface area (Å²) >= 11 is 0. The van der Waals surface area contributed by atoms with Crippen molar-refractivity contribution in [2.75, 3.05) is 18.4 Å². The van der Waals surface area contributed by atoms with Gasteiger partial charge in [0.1, 0.15) is 0 Å². The monoisotopic (exact) mass is 309 g/mol. The smallest absolute Gasteiger partial charge is 0.255 e. The normalized spacial score (nSPS) is 14.6. The van der Waals surface area contributed by atoms with Crippen molar-refractivity contribution in [3.63, 3.8) is 0 Å². The molecule has 2 heterocycles. The quantitative estimate of drug-likeness (QED) is 0.928. The van der Waals surface area contributed by atoms with E-state index in [-0.39, 0.29) is 5.91 Å². The van der Waals surface area contributed by atoms with Crippen LogP contribution in [0, 0.1) is 0 Å². The maximum atomic E-state index is 12.8. The number of aromatic nitrogens is 1. The van der Waals surface area contributed by atoms with E-state index in [1.54, 1.807) is 6.20 Å². The highest BCUT2D eigenvalue weighted by molar-refractivity contribution is 6.00. The number of likely N-dealkylation sites (tertiary alicyclic amines) is 1. The third kappa shape index (κ3) is 3.70. The number of rotatable bonds is 4. The lowest BCUT2D eigenvalue weighted by atomic mass is 10.1. The summed E-state index contributed by atoms with van der Waals surface area (Å²) in [4.78, 5) is 19.1. The first kappa shape index (κ1) is 15.5. The van der Waals surface area contributed by atoms with Crippen molar-refractivity contribution in [1.82, 2.24) is 9.88 Å². The van der Waals surface area contributed by atoms with Crippen LogP contribution in [0.2, 0.25) is 0 Å². The topological polar surface area (TPSA) is 45.2 Å². The van der Waals surface area contributed by atoms with Gasteiger partial charge in [0.25, 0.3) is 5.91 Å². The SMILES string of the molecule is CCc1cc(Nc2ccccc2C(=O)N2CCCCC2)ccn1. The number of pyridine rings is 1. The Morgan fingerprint density at radius 2 is 1.96 bits per heavy atom. The molecular formula is C19H23N3O. The third-order valence-electron chi connectivity index (χ3n) is 4.26. The lowest BCUT2D eigenvalue weighted by Crippen LogP contribution is -2.35. The van der Waals surface area contributed by atoms with Crippen molar-refractivity contribution in [1.29, 1.82) is 0 Å². The lowest BCUT2D eigenvalue weighted by molar-refractivity contribution is 0.0725. The van der Waals surface area contributed by atoms with Crippen molar-refractivity contribution in [3.05, 3.63) is 53.9 Å². The number of carbonyl (C=O) groups is 1. The number of piperidine rings is 1. The molecule has 1 aromatic carbocycles. The Bertz CT molecular complexity index is 678. The van der Waals surface area contributed by atoms with E-state index < -0.39 is 0 Å². The van der Waals surface area contributed by atoms with Gasteiger partial charge in [-0.3, -0.25) is 9.78 Å². The summed E-state index contributed by atoms with van der Waals surface area (Å²) in [5, 5.41) is 3.38. The Labute approximate surface area is 137 Å². The molecule has 1 fully saturated rings. The fourth-order valence-corrected chi connectivity index (χ4v) is 2.95. The van der Waals surface area contributed by atoms with Crippen LogP contribution in [-0.2, 0) is 6.42 Å². The Morgan fingerprint density at radius 1 is 1.17 bits per heavy atom. The maximum Gasteiger partial charge on any atom is 0.255 e. The molecule has 4 nitrogen and oxygen atoms in total. The first-order chi connectivity index (χ1) is 11.3. The van der Waals surface area contributed by atoms with Gasteiger partial charge in [-0.25, -0.2) is 0 Å². The Hall–Kier alpha value is -2.36. The number of para-hydroxylation sites is 1. The lowest BCUT2D eigenvalue weighted by Gasteiger charge is -2.27. The van der Waals surface area contributed by atoms with Crippen LogP contribution >= 0.6 is 0 Å². The van der Waals surface area contributed by atoms with Crippen molar-refractivity contribution in [2.24, 2.45) is 0 Å². The average molecular weight is 309 g/mol. The molecule has 0 atom stereocenters. The molecule has 23 heavy (non-hydrogen) atoms. The molecule has 0 aliphatic carbocycles. The molecule has 1 aliphatic rings. The number of aryl methyl sites for hydroxylation is 1. The van der Waals surface area contributed by atoms with Gasteiger partial charge in [0.15, 0.2) is 0 Å². The van der Waals surface area contributed by atoms with E-state index >= 15 is 0 Å². The van der Waals surface area contributed by atoms with Gasteiger partial charge < -0.3 is 10.2 Å². The summed E-state index contributed by atoms with van der Waals surface area (Å²) in [7, 11) is 0. The Kier molecular flexibility index (Phi) is 4.91. The van der Waals surface area contributed by atoms with Crippen molar-refractivity contribution in [3.8, 4) is 0 Å². The zero-order valence-electron chi connectivity index (χ0n) is 13.6. The molecule has 3 rings (SSSR count). The van der Waals surface area contributed by atoms with Gasteiger partial charge in [-0.1, -0.05) is 19.1 Å². The van der Waals surface area contributed by atoms with Crippen molar-refractivity contribution in [2.45, 2.75) is 32.6 Å². The minimum Gasteiger partial charge on any atom is -0.355 e. The van der Waals surface area contributed by atoms with E-state index in [4.69, 9.17) is 0 Å². The van der Waals surface area contributed by atoms with E-state index in [1.807, 2.05) is 41.3 Å². The van der Waals surface area contributed by atoms with Crippen molar-refractivity contribution >= 4 is 17.3 Å². The highest BCUT2D eigenvalue weighted by Gasteiger charge is 2.20. The largest absolute Gasteiger partial charge is 0.355 e. The van der Waals surface area contributed by atoms with Gasteiger partial charge in [0.05, 0.1) is 11.3 Å². The molecule has 1 aromatic heterocycles. The number of nitrogens with one attached hydrogen (secondary N) is 1. The van der Waals surface area contributed by atoms with Crippen LogP contribution in [0.5, 0.6) is 0 Å². The number of carbonyl (C=O) groups excluding carboxylic acids is 1.